The Balaban J connectivity index is 0.00000158. The van der Waals surface area contributed by atoms with Crippen molar-refractivity contribution in [3.63, 3.8) is 0 Å². The monoisotopic (exact) mass is 480 g/mol. The van der Waals surface area contributed by atoms with E-state index in [0.717, 1.165) is 42.4 Å². The van der Waals surface area contributed by atoms with Gasteiger partial charge in [0, 0.05) is 23.3 Å². The molecule has 3 aromatic heterocycles. The van der Waals surface area contributed by atoms with E-state index in [1.165, 1.54) is 16.4 Å². The molecule has 1 fully saturated rings. The number of carbonyl (C=O) groups excluding carboxylic acids is 1. The normalized spacial score (nSPS) is 15.9. The largest absolute Gasteiger partial charge is 0.443 e. The van der Waals surface area contributed by atoms with Crippen LogP contribution in [0.1, 0.15) is 70.3 Å². The number of aromatic nitrogens is 4. The first-order chi connectivity index (χ1) is 16.2. The Hall–Kier alpha value is -2.93. The fourth-order valence-corrected chi connectivity index (χ4v) is 4.84. The zero-order valence-corrected chi connectivity index (χ0v) is 21.9. The first-order valence-electron chi connectivity index (χ1n) is 11.9. The molecular weight excluding hydrogens is 447 g/mol. The molecule has 1 amide bonds. The summed E-state index contributed by atoms with van der Waals surface area (Å²) in [5.41, 5.74) is 2.67. The minimum absolute atomic E-state index is 0.0346. The van der Waals surface area contributed by atoms with Gasteiger partial charge in [-0.15, -0.1) is 0 Å². The highest BCUT2D eigenvalue weighted by Gasteiger charge is 2.32. The second-order valence-corrected chi connectivity index (χ2v) is 10.2. The number of hydrogen-bond acceptors (Lipinski definition) is 7. The summed E-state index contributed by atoms with van der Waals surface area (Å²) in [5, 5.41) is 14.6. The molecule has 0 radical (unpaired) electrons. The number of aryl methyl sites for hydroxylation is 2. The van der Waals surface area contributed by atoms with Crippen LogP contribution in [0.4, 0.5) is 15.6 Å². The standard InChI is InChI=1S/C22H27BN6O2S.C2H6/c1-14-12-25-29-18(10-17(26-20(14)29)16-7-6-8-23(11-16)13-24)28(19-9-15(2)27-32-19)21(30)31-22(3,4)5;1-2/h9-10,12,16H,6-8,11H2,1-5H3;1-2H3. The zero-order chi connectivity index (χ0) is 25.0. The maximum Gasteiger partial charge on any atom is 0.421 e. The summed E-state index contributed by atoms with van der Waals surface area (Å²) in [6, 6.07) is 3.78. The van der Waals surface area contributed by atoms with Crippen LogP contribution < -0.4 is 4.90 Å². The van der Waals surface area contributed by atoms with Gasteiger partial charge < -0.3 is 4.74 Å². The molecule has 4 rings (SSSR count). The van der Waals surface area contributed by atoms with Crippen molar-refractivity contribution in [2.45, 2.75) is 85.5 Å². The van der Waals surface area contributed by atoms with Gasteiger partial charge in [0.2, 0.25) is 0 Å². The van der Waals surface area contributed by atoms with Gasteiger partial charge in [0.1, 0.15) is 16.4 Å². The summed E-state index contributed by atoms with van der Waals surface area (Å²) < 4.78 is 11.8. The maximum atomic E-state index is 13.4. The second kappa shape index (κ2) is 10.6. The predicted molar refractivity (Wildman–Crippen MR) is 137 cm³/mol. The molecule has 0 spiro atoms. The summed E-state index contributed by atoms with van der Waals surface area (Å²) in [7, 11) is 0. The van der Waals surface area contributed by atoms with E-state index in [2.05, 4.69) is 15.4 Å². The van der Waals surface area contributed by atoms with Gasteiger partial charge >= 0.3 is 6.09 Å². The van der Waals surface area contributed by atoms with Crippen LogP contribution in [0, 0.1) is 25.1 Å². The quantitative estimate of drug-likeness (QED) is 0.406. The van der Waals surface area contributed by atoms with Gasteiger partial charge in [-0.05, 0) is 64.6 Å². The number of anilines is 2. The highest BCUT2D eigenvalue weighted by Crippen LogP contribution is 2.37. The van der Waals surface area contributed by atoms with Crippen molar-refractivity contribution in [2.24, 2.45) is 0 Å². The van der Waals surface area contributed by atoms with Gasteiger partial charge in [-0.3, -0.25) is 0 Å². The molecular formula is C24H33BN6O2S. The Labute approximate surface area is 206 Å². The Morgan fingerprint density at radius 3 is 2.68 bits per heavy atom. The summed E-state index contributed by atoms with van der Waals surface area (Å²) in [6.07, 6.45) is 4.93. The van der Waals surface area contributed by atoms with Gasteiger partial charge in [0.15, 0.2) is 5.65 Å². The Morgan fingerprint density at radius 2 is 2.06 bits per heavy atom. The molecule has 180 valence electrons. The predicted octanol–water partition coefficient (Wildman–Crippen LogP) is 6.34. The van der Waals surface area contributed by atoms with E-state index >= 15 is 0 Å². The zero-order valence-electron chi connectivity index (χ0n) is 21.1. The van der Waals surface area contributed by atoms with Crippen molar-refractivity contribution in [1.29, 1.82) is 5.26 Å². The van der Waals surface area contributed by atoms with Gasteiger partial charge in [-0.1, -0.05) is 32.9 Å². The number of rotatable bonds is 3. The number of nitriles is 1. The molecule has 0 bridgehead atoms. The molecule has 8 nitrogen and oxygen atoms in total. The van der Waals surface area contributed by atoms with Crippen molar-refractivity contribution >= 4 is 40.8 Å². The van der Waals surface area contributed by atoms with Gasteiger partial charge in [0.05, 0.1) is 11.9 Å². The SMILES string of the molecule is CC.Cc1cc(N(C(=O)OC(C)(C)C)c2cc(C3CCCB(C#N)C3)nc3c(C)cnn23)sn1. The molecule has 1 aliphatic rings. The van der Waals surface area contributed by atoms with Crippen molar-refractivity contribution in [1.82, 2.24) is 19.0 Å². The highest BCUT2D eigenvalue weighted by molar-refractivity contribution is 7.10. The molecule has 1 saturated heterocycles. The van der Waals surface area contributed by atoms with Crippen LogP contribution in [-0.4, -0.2) is 37.4 Å². The first-order valence-corrected chi connectivity index (χ1v) is 12.6. The number of nitrogens with zero attached hydrogens (tertiary/aromatic N) is 6. The second-order valence-electron chi connectivity index (χ2n) is 9.41. The molecule has 1 aliphatic heterocycles. The van der Waals surface area contributed by atoms with Crippen molar-refractivity contribution < 1.29 is 9.53 Å². The lowest BCUT2D eigenvalue weighted by Crippen LogP contribution is -2.34. The summed E-state index contributed by atoms with van der Waals surface area (Å²) in [4.78, 5) is 19.8. The molecule has 0 aromatic carbocycles. The average Bonchev–Trinajstić information content (AvgIpc) is 3.39. The maximum absolute atomic E-state index is 13.4. The molecule has 1 atom stereocenters. The fraction of sp³-hybridized carbons (Fsp3) is 0.542. The third kappa shape index (κ3) is 5.58. The molecule has 3 aromatic rings. The Morgan fingerprint density at radius 1 is 1.32 bits per heavy atom. The van der Waals surface area contributed by atoms with Crippen LogP contribution >= 0.6 is 11.5 Å². The first kappa shape index (κ1) is 25.7. The molecule has 0 aliphatic carbocycles. The molecule has 4 heterocycles. The van der Waals surface area contributed by atoms with Crippen LogP contribution in [0.2, 0.25) is 12.6 Å². The summed E-state index contributed by atoms with van der Waals surface area (Å²) in [6.45, 7) is 13.4. The Kier molecular flexibility index (Phi) is 7.98. The van der Waals surface area contributed by atoms with Crippen LogP contribution in [0.25, 0.3) is 5.65 Å². The minimum Gasteiger partial charge on any atom is -0.443 e. The van der Waals surface area contributed by atoms with Gasteiger partial charge in [0.25, 0.3) is 6.71 Å². The summed E-state index contributed by atoms with van der Waals surface area (Å²) >= 11 is 1.24. The van der Waals surface area contributed by atoms with E-state index in [0.29, 0.717) is 16.5 Å². The van der Waals surface area contributed by atoms with E-state index in [9.17, 15) is 10.1 Å². The van der Waals surface area contributed by atoms with E-state index < -0.39 is 11.7 Å². The third-order valence-electron chi connectivity index (χ3n) is 5.57. The van der Waals surface area contributed by atoms with E-state index in [1.807, 2.05) is 60.6 Å². The van der Waals surface area contributed by atoms with Gasteiger partial charge in [-0.2, -0.15) is 14.0 Å². The molecule has 0 saturated carbocycles. The lowest BCUT2D eigenvalue weighted by molar-refractivity contribution is 0.0598. The molecule has 1 unspecified atom stereocenters. The van der Waals surface area contributed by atoms with Crippen LogP contribution in [0.15, 0.2) is 18.3 Å². The number of fused-ring (bicyclic) bond motifs is 1. The lowest BCUT2D eigenvalue weighted by Gasteiger charge is -2.28. The average molecular weight is 480 g/mol. The third-order valence-corrected chi connectivity index (χ3v) is 6.43. The number of amides is 1. The lowest BCUT2D eigenvalue weighted by atomic mass is 9.41. The number of hydrogen-bond donors (Lipinski definition) is 0. The molecule has 34 heavy (non-hydrogen) atoms. The number of carbonyl (C=O) groups is 1. The highest BCUT2D eigenvalue weighted by atomic mass is 32.1. The Bertz CT molecular complexity index is 1190. The van der Waals surface area contributed by atoms with E-state index in [1.54, 1.807) is 10.7 Å². The van der Waals surface area contributed by atoms with Crippen LogP contribution in [0.5, 0.6) is 0 Å². The van der Waals surface area contributed by atoms with E-state index in [-0.39, 0.29) is 12.6 Å². The van der Waals surface area contributed by atoms with Crippen LogP contribution in [0.3, 0.4) is 0 Å². The van der Waals surface area contributed by atoms with Crippen molar-refractivity contribution in [3.8, 4) is 5.97 Å². The van der Waals surface area contributed by atoms with Gasteiger partial charge in [-0.25, -0.2) is 19.9 Å². The number of ether oxygens (including phenoxy) is 1. The molecule has 10 heteroatoms. The topological polar surface area (TPSA) is 96.4 Å². The smallest absolute Gasteiger partial charge is 0.421 e. The van der Waals surface area contributed by atoms with E-state index in [4.69, 9.17) is 9.72 Å². The van der Waals surface area contributed by atoms with Crippen molar-refractivity contribution in [3.05, 3.63) is 35.3 Å². The summed E-state index contributed by atoms with van der Waals surface area (Å²) in [5.74, 6) is 3.15. The minimum atomic E-state index is -0.659. The fourth-order valence-electron chi connectivity index (χ4n) is 4.08. The molecule has 0 N–H and O–H groups in total. The van der Waals surface area contributed by atoms with Crippen molar-refractivity contribution in [2.75, 3.05) is 4.90 Å². The van der Waals surface area contributed by atoms with Crippen LogP contribution in [-0.2, 0) is 4.74 Å².